The molecule has 3 heterocycles. The van der Waals surface area contributed by atoms with Crippen LogP contribution >= 0.6 is 11.3 Å². The zero-order chi connectivity index (χ0) is 19.5. The molecule has 4 rings (SSSR count). The van der Waals surface area contributed by atoms with Crippen LogP contribution in [0, 0.1) is 6.92 Å². The Labute approximate surface area is 171 Å². The molecule has 1 N–H and O–H groups in total. The van der Waals surface area contributed by atoms with Crippen molar-refractivity contribution in [2.24, 2.45) is 0 Å². The van der Waals surface area contributed by atoms with Gasteiger partial charge in [-0.3, -0.25) is 9.88 Å². The van der Waals surface area contributed by atoms with Gasteiger partial charge in [0.05, 0.1) is 6.10 Å². The van der Waals surface area contributed by atoms with E-state index < -0.39 is 0 Å². The van der Waals surface area contributed by atoms with E-state index in [-0.39, 0.29) is 12.1 Å². The molecule has 1 aliphatic rings. The van der Waals surface area contributed by atoms with Gasteiger partial charge in [0.25, 0.3) is 0 Å². The largest absolute Gasteiger partial charge is 0.390 e. The standard InChI is InChI=1S/C23H29N3OS/c1-17-20(19-8-3-4-9-23(19)28-17)15-26-14-11-21(22(27)16-26)25(2)13-10-18-7-5-6-12-24-18/h3-9,12,21-22,27H,10-11,13-16H2,1-2H3/t21-,22-/m1/s1. The lowest BCUT2D eigenvalue weighted by Gasteiger charge is -2.40. The minimum Gasteiger partial charge on any atom is -0.390 e. The number of thiophene rings is 1. The van der Waals surface area contributed by atoms with E-state index in [1.54, 1.807) is 0 Å². The molecule has 1 aromatic carbocycles. The Bertz CT molecular complexity index is 911. The number of benzene rings is 1. The smallest absolute Gasteiger partial charge is 0.0822 e. The van der Waals surface area contributed by atoms with Crippen LogP contribution in [0.5, 0.6) is 0 Å². The van der Waals surface area contributed by atoms with Crippen molar-refractivity contribution in [3.05, 3.63) is 64.8 Å². The van der Waals surface area contributed by atoms with Gasteiger partial charge in [0.1, 0.15) is 0 Å². The van der Waals surface area contributed by atoms with E-state index in [1.807, 2.05) is 29.7 Å². The number of aliphatic hydroxyl groups excluding tert-OH is 1. The minimum absolute atomic E-state index is 0.222. The van der Waals surface area contributed by atoms with Gasteiger partial charge in [-0.2, -0.15) is 0 Å². The molecule has 3 aromatic rings. The SMILES string of the molecule is Cc1sc2ccccc2c1CN1CC[C@@H](N(C)CCc2ccccn2)[C@H](O)C1. The Morgan fingerprint density at radius 3 is 2.82 bits per heavy atom. The van der Waals surface area contributed by atoms with Crippen LogP contribution in [0.3, 0.4) is 0 Å². The number of rotatable bonds is 6. The fourth-order valence-electron chi connectivity index (χ4n) is 4.29. The predicted octanol–water partition coefficient (Wildman–Crippen LogP) is 3.71. The Balaban J connectivity index is 1.35. The fourth-order valence-corrected chi connectivity index (χ4v) is 5.36. The number of piperidine rings is 1. The number of fused-ring (bicyclic) bond motifs is 1. The molecule has 148 valence electrons. The molecule has 1 fully saturated rings. The Morgan fingerprint density at radius 1 is 1.21 bits per heavy atom. The van der Waals surface area contributed by atoms with Gasteiger partial charge in [0.15, 0.2) is 0 Å². The second-order valence-corrected chi connectivity index (χ2v) is 9.10. The number of nitrogens with zero attached hydrogens (tertiary/aromatic N) is 3. The molecule has 0 amide bonds. The molecule has 0 unspecified atom stereocenters. The first-order valence-corrected chi connectivity index (χ1v) is 10.9. The van der Waals surface area contributed by atoms with E-state index >= 15 is 0 Å². The topological polar surface area (TPSA) is 39.6 Å². The highest BCUT2D eigenvalue weighted by molar-refractivity contribution is 7.19. The lowest BCUT2D eigenvalue weighted by atomic mass is 9.99. The van der Waals surface area contributed by atoms with Crippen LogP contribution in [0.4, 0.5) is 0 Å². The van der Waals surface area contributed by atoms with E-state index in [9.17, 15) is 5.11 Å². The summed E-state index contributed by atoms with van der Waals surface area (Å²) in [7, 11) is 2.13. The Morgan fingerprint density at radius 2 is 2.04 bits per heavy atom. The van der Waals surface area contributed by atoms with Crippen LogP contribution in [0.25, 0.3) is 10.1 Å². The van der Waals surface area contributed by atoms with Gasteiger partial charge in [-0.15, -0.1) is 11.3 Å². The van der Waals surface area contributed by atoms with Crippen molar-refractivity contribution in [3.8, 4) is 0 Å². The number of aliphatic hydroxyl groups is 1. The Kier molecular flexibility index (Phi) is 6.07. The van der Waals surface area contributed by atoms with Crippen molar-refractivity contribution in [3.63, 3.8) is 0 Å². The van der Waals surface area contributed by atoms with Gasteiger partial charge in [0.2, 0.25) is 0 Å². The lowest BCUT2D eigenvalue weighted by Crippen LogP contribution is -2.53. The van der Waals surface area contributed by atoms with E-state index in [4.69, 9.17) is 0 Å². The summed E-state index contributed by atoms with van der Waals surface area (Å²) in [6, 6.07) is 14.9. The highest BCUT2D eigenvalue weighted by atomic mass is 32.1. The monoisotopic (exact) mass is 395 g/mol. The average Bonchev–Trinajstić information content (AvgIpc) is 3.02. The summed E-state index contributed by atoms with van der Waals surface area (Å²) in [6.07, 6.45) is 3.46. The molecule has 1 saturated heterocycles. The second-order valence-electron chi connectivity index (χ2n) is 7.84. The van der Waals surface area contributed by atoms with Gasteiger partial charge >= 0.3 is 0 Å². The molecule has 0 radical (unpaired) electrons. The third kappa shape index (κ3) is 4.28. The van der Waals surface area contributed by atoms with Crippen molar-refractivity contribution >= 4 is 21.4 Å². The van der Waals surface area contributed by atoms with Crippen molar-refractivity contribution in [2.75, 3.05) is 26.7 Å². The normalized spacial score (nSPS) is 20.9. The molecule has 0 bridgehead atoms. The van der Waals surface area contributed by atoms with Crippen molar-refractivity contribution in [2.45, 2.75) is 38.5 Å². The average molecular weight is 396 g/mol. The van der Waals surface area contributed by atoms with E-state index in [0.717, 1.165) is 44.7 Å². The zero-order valence-corrected chi connectivity index (χ0v) is 17.5. The maximum atomic E-state index is 10.8. The number of hydrogen-bond donors (Lipinski definition) is 1. The van der Waals surface area contributed by atoms with E-state index in [1.165, 1.54) is 20.5 Å². The summed E-state index contributed by atoms with van der Waals surface area (Å²) in [5.74, 6) is 0. The highest BCUT2D eigenvalue weighted by Crippen LogP contribution is 2.32. The minimum atomic E-state index is -0.312. The van der Waals surface area contributed by atoms with Gasteiger partial charge < -0.3 is 10.0 Å². The quantitative estimate of drug-likeness (QED) is 0.691. The lowest BCUT2D eigenvalue weighted by molar-refractivity contribution is -0.00610. The molecule has 0 spiro atoms. The first-order valence-electron chi connectivity index (χ1n) is 10.1. The molecular weight excluding hydrogens is 366 g/mol. The molecule has 5 heteroatoms. The molecule has 2 atom stereocenters. The number of aromatic nitrogens is 1. The summed E-state index contributed by atoms with van der Waals surface area (Å²) in [4.78, 5) is 10.5. The molecule has 4 nitrogen and oxygen atoms in total. The third-order valence-electron chi connectivity index (χ3n) is 5.93. The molecule has 0 aliphatic carbocycles. The number of pyridine rings is 1. The molecule has 2 aromatic heterocycles. The first-order chi connectivity index (χ1) is 13.6. The van der Waals surface area contributed by atoms with Crippen LogP contribution in [-0.4, -0.2) is 58.7 Å². The zero-order valence-electron chi connectivity index (χ0n) is 16.7. The summed E-state index contributed by atoms with van der Waals surface area (Å²) in [6.45, 7) is 5.83. The van der Waals surface area contributed by atoms with Crippen molar-refractivity contribution in [1.29, 1.82) is 0 Å². The number of likely N-dealkylation sites (N-methyl/N-ethyl adjacent to an activating group) is 1. The summed E-state index contributed by atoms with van der Waals surface area (Å²) >= 11 is 1.87. The van der Waals surface area contributed by atoms with Crippen LogP contribution < -0.4 is 0 Å². The van der Waals surface area contributed by atoms with Gasteiger partial charge in [0, 0.05) is 60.1 Å². The summed E-state index contributed by atoms with van der Waals surface area (Å²) < 4.78 is 1.36. The van der Waals surface area contributed by atoms with Crippen molar-refractivity contribution in [1.82, 2.24) is 14.8 Å². The second kappa shape index (κ2) is 8.70. The Hall–Kier alpha value is -1.79. The predicted molar refractivity (Wildman–Crippen MR) is 117 cm³/mol. The molecule has 28 heavy (non-hydrogen) atoms. The van der Waals surface area contributed by atoms with Crippen LogP contribution in [-0.2, 0) is 13.0 Å². The van der Waals surface area contributed by atoms with Gasteiger partial charge in [-0.25, -0.2) is 0 Å². The number of likely N-dealkylation sites (tertiary alicyclic amines) is 1. The molecule has 0 saturated carbocycles. The number of hydrogen-bond acceptors (Lipinski definition) is 5. The van der Waals surface area contributed by atoms with Crippen LogP contribution in [0.1, 0.15) is 22.6 Å². The first kappa shape index (κ1) is 19.5. The van der Waals surface area contributed by atoms with Crippen LogP contribution in [0.15, 0.2) is 48.7 Å². The molecule has 1 aliphatic heterocycles. The maximum Gasteiger partial charge on any atom is 0.0822 e. The fraction of sp³-hybridized carbons (Fsp3) is 0.435. The molecular formula is C23H29N3OS. The van der Waals surface area contributed by atoms with E-state index in [2.05, 4.69) is 59.1 Å². The highest BCUT2D eigenvalue weighted by Gasteiger charge is 2.30. The van der Waals surface area contributed by atoms with Gasteiger partial charge in [-0.05, 0) is 49.5 Å². The van der Waals surface area contributed by atoms with Crippen molar-refractivity contribution < 1.29 is 5.11 Å². The third-order valence-corrected chi connectivity index (χ3v) is 7.05. The van der Waals surface area contributed by atoms with Crippen LogP contribution in [0.2, 0.25) is 0 Å². The number of aryl methyl sites for hydroxylation is 1. The van der Waals surface area contributed by atoms with Gasteiger partial charge in [-0.1, -0.05) is 24.3 Å². The summed E-state index contributed by atoms with van der Waals surface area (Å²) in [5.41, 5.74) is 2.54. The summed E-state index contributed by atoms with van der Waals surface area (Å²) in [5, 5.41) is 12.2. The maximum absolute atomic E-state index is 10.8. The number of β-amino-alcohol motifs (C(OH)–C–C–N with tert-alkyl or cyclic N) is 1. The van der Waals surface area contributed by atoms with E-state index in [0.29, 0.717) is 0 Å².